The molecule has 8 nitrogen and oxygen atoms in total. The van der Waals surface area contributed by atoms with Crippen LogP contribution in [-0.2, 0) is 9.47 Å². The van der Waals surface area contributed by atoms with E-state index in [1.54, 1.807) is 4.90 Å². The van der Waals surface area contributed by atoms with Crippen LogP contribution in [-0.4, -0.2) is 92.5 Å². The number of carbonyl (C=O) groups is 1. The van der Waals surface area contributed by atoms with E-state index in [0.29, 0.717) is 24.7 Å². The average Bonchev–Trinajstić information content (AvgIpc) is 2.67. The number of guanidine groups is 1. The molecular formula is C19H38IN5O3. The Bertz CT molecular complexity index is 486. The van der Waals surface area contributed by atoms with Gasteiger partial charge in [0.25, 0.3) is 0 Å². The quantitative estimate of drug-likeness (QED) is 0.322. The second-order valence-corrected chi connectivity index (χ2v) is 7.33. The molecule has 2 aliphatic rings. The number of ether oxygens (including phenoxy) is 2. The number of halogens is 1. The highest BCUT2D eigenvalue weighted by Crippen LogP contribution is 2.13. The van der Waals surface area contributed by atoms with E-state index in [1.807, 2.05) is 6.92 Å². The van der Waals surface area contributed by atoms with E-state index in [1.165, 1.54) is 0 Å². The maximum atomic E-state index is 11.8. The average molecular weight is 511 g/mol. The van der Waals surface area contributed by atoms with E-state index in [-0.39, 0.29) is 30.1 Å². The summed E-state index contributed by atoms with van der Waals surface area (Å²) in [5, 5.41) is 6.88. The number of amides is 1. The molecule has 0 aromatic heterocycles. The highest BCUT2D eigenvalue weighted by atomic mass is 127. The van der Waals surface area contributed by atoms with Gasteiger partial charge in [-0.3, -0.25) is 9.89 Å². The zero-order chi connectivity index (χ0) is 19.6. The lowest BCUT2D eigenvalue weighted by Gasteiger charge is -2.37. The van der Waals surface area contributed by atoms with Gasteiger partial charge in [-0.25, -0.2) is 4.79 Å². The van der Waals surface area contributed by atoms with Crippen molar-refractivity contribution in [3.8, 4) is 0 Å². The second-order valence-electron chi connectivity index (χ2n) is 7.33. The molecule has 2 unspecified atom stereocenters. The molecule has 2 aliphatic heterocycles. The summed E-state index contributed by atoms with van der Waals surface area (Å²) in [5.41, 5.74) is 0. The fourth-order valence-corrected chi connectivity index (χ4v) is 3.66. The molecule has 0 aromatic rings. The zero-order valence-corrected chi connectivity index (χ0v) is 20.1. The van der Waals surface area contributed by atoms with Gasteiger partial charge in [-0.15, -0.1) is 24.0 Å². The number of aliphatic imine (C=N–C) groups is 1. The van der Waals surface area contributed by atoms with Crippen molar-refractivity contribution in [1.82, 2.24) is 20.4 Å². The van der Waals surface area contributed by atoms with Gasteiger partial charge in [-0.2, -0.15) is 0 Å². The summed E-state index contributed by atoms with van der Waals surface area (Å²) in [6, 6.07) is 1.14. The number of hydrogen-bond acceptors (Lipinski definition) is 5. The van der Waals surface area contributed by atoms with Crippen LogP contribution in [0.4, 0.5) is 4.79 Å². The molecular weight excluding hydrogens is 473 g/mol. The first-order valence-corrected chi connectivity index (χ1v) is 10.3. The maximum Gasteiger partial charge on any atom is 0.409 e. The monoisotopic (exact) mass is 511 g/mol. The lowest BCUT2D eigenvalue weighted by Crippen LogP contribution is -2.51. The van der Waals surface area contributed by atoms with Crippen LogP contribution in [0.5, 0.6) is 0 Å². The minimum absolute atomic E-state index is 0. The second kappa shape index (κ2) is 13.4. The van der Waals surface area contributed by atoms with Gasteiger partial charge >= 0.3 is 6.09 Å². The Labute approximate surface area is 186 Å². The normalized spacial score (nSPS) is 22.9. The Kier molecular flexibility index (Phi) is 12.1. The maximum absolute atomic E-state index is 11.8. The summed E-state index contributed by atoms with van der Waals surface area (Å²) in [6.07, 6.45) is 1.60. The minimum atomic E-state index is -0.204. The molecule has 2 fully saturated rings. The van der Waals surface area contributed by atoms with Crippen molar-refractivity contribution in [2.45, 2.75) is 58.7 Å². The molecule has 28 heavy (non-hydrogen) atoms. The third-order valence-corrected chi connectivity index (χ3v) is 5.20. The predicted molar refractivity (Wildman–Crippen MR) is 123 cm³/mol. The largest absolute Gasteiger partial charge is 0.450 e. The Morgan fingerprint density at radius 1 is 1.29 bits per heavy atom. The summed E-state index contributed by atoms with van der Waals surface area (Å²) in [6.45, 7) is 14.4. The number of piperidine rings is 1. The van der Waals surface area contributed by atoms with Crippen molar-refractivity contribution >= 4 is 36.0 Å². The number of nitrogens with zero attached hydrogens (tertiary/aromatic N) is 3. The van der Waals surface area contributed by atoms with Gasteiger partial charge in [0.1, 0.15) is 0 Å². The van der Waals surface area contributed by atoms with Crippen molar-refractivity contribution < 1.29 is 14.3 Å². The van der Waals surface area contributed by atoms with E-state index >= 15 is 0 Å². The number of carbonyl (C=O) groups excluding carboxylic acids is 1. The van der Waals surface area contributed by atoms with Crippen LogP contribution in [0.2, 0.25) is 0 Å². The topological polar surface area (TPSA) is 78.4 Å². The Morgan fingerprint density at radius 3 is 2.61 bits per heavy atom. The lowest BCUT2D eigenvalue weighted by atomic mass is 10.1. The smallest absolute Gasteiger partial charge is 0.409 e. The number of hydrogen-bond donors (Lipinski definition) is 2. The van der Waals surface area contributed by atoms with Crippen LogP contribution in [0.1, 0.15) is 40.5 Å². The molecule has 2 saturated heterocycles. The molecule has 0 bridgehead atoms. The molecule has 0 radical (unpaired) electrons. The van der Waals surface area contributed by atoms with Crippen molar-refractivity contribution in [3.05, 3.63) is 0 Å². The third-order valence-electron chi connectivity index (χ3n) is 5.20. The SMILES string of the molecule is CCNC(=NCC(C)N1CCOCC1C)NC1CCN(C(=O)OCC)CC1.I. The van der Waals surface area contributed by atoms with Crippen LogP contribution < -0.4 is 10.6 Å². The van der Waals surface area contributed by atoms with Crippen LogP contribution in [0.15, 0.2) is 4.99 Å². The molecule has 2 atom stereocenters. The summed E-state index contributed by atoms with van der Waals surface area (Å²) >= 11 is 0. The Hall–Kier alpha value is -0.810. The van der Waals surface area contributed by atoms with Gasteiger partial charge < -0.3 is 25.0 Å². The molecule has 0 aliphatic carbocycles. The first-order valence-electron chi connectivity index (χ1n) is 10.3. The fraction of sp³-hybridized carbons (Fsp3) is 0.895. The van der Waals surface area contributed by atoms with Crippen LogP contribution >= 0.6 is 24.0 Å². The molecule has 0 saturated carbocycles. The first-order chi connectivity index (χ1) is 13.0. The lowest BCUT2D eigenvalue weighted by molar-refractivity contribution is -0.0165. The summed E-state index contributed by atoms with van der Waals surface area (Å²) < 4.78 is 10.6. The number of morpholine rings is 1. The molecule has 164 valence electrons. The molecule has 1 amide bonds. The van der Waals surface area contributed by atoms with Crippen molar-refractivity contribution in [3.63, 3.8) is 0 Å². The number of likely N-dealkylation sites (tertiary alicyclic amines) is 1. The predicted octanol–water partition coefficient (Wildman–Crippen LogP) is 1.89. The molecule has 2 N–H and O–H groups in total. The standard InChI is InChI=1S/C19H37N5O3.HI/c1-5-20-18(21-13-15(3)24-11-12-26-14-16(24)4)22-17-7-9-23(10-8-17)19(25)27-6-2;/h15-17H,5-14H2,1-4H3,(H2,20,21,22);1H. The van der Waals surface area contributed by atoms with Gasteiger partial charge in [-0.1, -0.05) is 0 Å². The van der Waals surface area contributed by atoms with E-state index in [0.717, 1.165) is 64.7 Å². The van der Waals surface area contributed by atoms with Gasteiger partial charge in [0, 0.05) is 44.3 Å². The van der Waals surface area contributed by atoms with E-state index in [2.05, 4.69) is 36.3 Å². The third kappa shape index (κ3) is 7.90. The summed E-state index contributed by atoms with van der Waals surface area (Å²) in [4.78, 5) is 20.9. The van der Waals surface area contributed by atoms with Crippen molar-refractivity contribution in [2.24, 2.45) is 4.99 Å². The van der Waals surface area contributed by atoms with Gasteiger partial charge in [0.05, 0.1) is 26.4 Å². The molecule has 0 aromatic carbocycles. The highest BCUT2D eigenvalue weighted by molar-refractivity contribution is 14.0. The Morgan fingerprint density at radius 2 is 2.00 bits per heavy atom. The van der Waals surface area contributed by atoms with Crippen molar-refractivity contribution in [1.29, 1.82) is 0 Å². The van der Waals surface area contributed by atoms with Crippen LogP contribution in [0.3, 0.4) is 0 Å². The van der Waals surface area contributed by atoms with Crippen LogP contribution in [0.25, 0.3) is 0 Å². The number of nitrogens with one attached hydrogen (secondary N) is 2. The van der Waals surface area contributed by atoms with Crippen molar-refractivity contribution in [2.75, 3.05) is 52.5 Å². The number of rotatable bonds is 6. The van der Waals surface area contributed by atoms with Gasteiger partial charge in [-0.05, 0) is 40.5 Å². The van der Waals surface area contributed by atoms with E-state index in [4.69, 9.17) is 14.5 Å². The molecule has 9 heteroatoms. The minimum Gasteiger partial charge on any atom is -0.450 e. The highest BCUT2D eigenvalue weighted by Gasteiger charge is 2.25. The van der Waals surface area contributed by atoms with Gasteiger partial charge in [0.15, 0.2) is 5.96 Å². The zero-order valence-electron chi connectivity index (χ0n) is 17.8. The fourth-order valence-electron chi connectivity index (χ4n) is 3.66. The molecule has 2 heterocycles. The molecule has 2 rings (SSSR count). The first kappa shape index (κ1) is 25.2. The Balaban J connectivity index is 0.00000392. The summed E-state index contributed by atoms with van der Waals surface area (Å²) in [5.74, 6) is 0.861. The van der Waals surface area contributed by atoms with Crippen LogP contribution in [0, 0.1) is 0 Å². The molecule has 0 spiro atoms. The van der Waals surface area contributed by atoms with E-state index in [9.17, 15) is 4.79 Å². The summed E-state index contributed by atoms with van der Waals surface area (Å²) in [7, 11) is 0. The van der Waals surface area contributed by atoms with Gasteiger partial charge in [0.2, 0.25) is 0 Å². The van der Waals surface area contributed by atoms with E-state index < -0.39 is 0 Å².